The van der Waals surface area contributed by atoms with E-state index in [0.717, 1.165) is 11.3 Å². The summed E-state index contributed by atoms with van der Waals surface area (Å²) in [6.07, 6.45) is 4.79. The van der Waals surface area contributed by atoms with E-state index in [2.05, 4.69) is 46.3 Å². The van der Waals surface area contributed by atoms with Gasteiger partial charge in [0.05, 0.1) is 5.56 Å². The minimum atomic E-state index is -3.93. The quantitative estimate of drug-likeness (QED) is 0.555. The van der Waals surface area contributed by atoms with Crippen molar-refractivity contribution in [3.63, 3.8) is 0 Å². The number of aromatic nitrogens is 3. The summed E-state index contributed by atoms with van der Waals surface area (Å²) in [5.41, 5.74) is 4.48. The van der Waals surface area contributed by atoms with Crippen molar-refractivity contribution in [2.24, 2.45) is 0 Å². The van der Waals surface area contributed by atoms with Crippen LogP contribution in [0.1, 0.15) is 34.0 Å². The van der Waals surface area contributed by atoms with Gasteiger partial charge in [-0.1, -0.05) is 12.1 Å². The van der Waals surface area contributed by atoms with E-state index in [9.17, 15) is 13.2 Å². The Kier molecular flexibility index (Phi) is 6.99. The van der Waals surface area contributed by atoms with E-state index in [1.54, 1.807) is 24.5 Å². The number of benzene rings is 1. The highest BCUT2D eigenvalue weighted by atomic mass is 32.2. The van der Waals surface area contributed by atoms with Crippen LogP contribution in [0.25, 0.3) is 0 Å². The Morgan fingerprint density at radius 2 is 1.76 bits per heavy atom. The molecule has 1 N–H and O–H groups in total. The molecule has 1 aliphatic rings. The maximum Gasteiger partial charge on any atom is 0.263 e. The number of carbonyl (C=O) groups is 1. The topological polar surface area (TPSA) is 100 Å². The number of nitrogens with zero attached hydrogens (tertiary/aromatic N) is 5. The molecule has 1 saturated heterocycles. The summed E-state index contributed by atoms with van der Waals surface area (Å²) in [7, 11) is -3.93. The second kappa shape index (κ2) is 9.94. The van der Waals surface area contributed by atoms with Crippen molar-refractivity contribution in [3.05, 3.63) is 71.2 Å². The number of nitrogens with one attached hydrogen (secondary N) is 1. The first-order valence-electron chi connectivity index (χ1n) is 11.4. The Bertz CT molecular complexity index is 1270. The van der Waals surface area contributed by atoms with E-state index in [-0.39, 0.29) is 17.1 Å². The van der Waals surface area contributed by atoms with Crippen molar-refractivity contribution < 1.29 is 13.2 Å². The lowest BCUT2D eigenvalue weighted by atomic mass is 10.1. The van der Waals surface area contributed by atoms with E-state index in [4.69, 9.17) is 0 Å². The van der Waals surface area contributed by atoms with Gasteiger partial charge in [0, 0.05) is 63.5 Å². The smallest absolute Gasteiger partial charge is 0.263 e. The van der Waals surface area contributed by atoms with Crippen LogP contribution in [0.3, 0.4) is 0 Å². The molecule has 10 heteroatoms. The monoisotopic (exact) mass is 482 g/mol. The fraction of sp³-hybridized carbons (Fsp3) is 0.375. The number of rotatable bonds is 7. The Labute approximate surface area is 200 Å². The molecule has 0 bridgehead atoms. The van der Waals surface area contributed by atoms with E-state index in [0.29, 0.717) is 32.7 Å². The Morgan fingerprint density at radius 3 is 2.44 bits per heavy atom. The molecule has 180 valence electrons. The van der Waals surface area contributed by atoms with Crippen LogP contribution >= 0.6 is 0 Å². The molecule has 0 aliphatic carbocycles. The summed E-state index contributed by atoms with van der Waals surface area (Å²) in [5, 5.41) is 6.86. The zero-order valence-corrected chi connectivity index (χ0v) is 20.5. The molecular weight excluding hydrogens is 452 g/mol. The molecular formula is C24H30N6O3S. The second-order valence-corrected chi connectivity index (χ2v) is 10.2. The molecule has 34 heavy (non-hydrogen) atoms. The van der Waals surface area contributed by atoms with E-state index < -0.39 is 15.9 Å². The fourth-order valence-corrected chi connectivity index (χ4v) is 5.58. The molecule has 0 saturated carbocycles. The van der Waals surface area contributed by atoms with Crippen LogP contribution in [-0.4, -0.2) is 59.6 Å². The lowest BCUT2D eigenvalue weighted by molar-refractivity contribution is 0.0947. The molecule has 1 amide bonds. The number of pyridine rings is 1. The van der Waals surface area contributed by atoms with Crippen molar-refractivity contribution in [3.8, 4) is 0 Å². The van der Waals surface area contributed by atoms with Gasteiger partial charge in [0.2, 0.25) is 5.03 Å². The normalized spacial score (nSPS) is 14.9. The van der Waals surface area contributed by atoms with Gasteiger partial charge in [-0.3, -0.25) is 14.5 Å². The molecule has 2 aromatic heterocycles. The number of aryl methyl sites for hydroxylation is 2. The van der Waals surface area contributed by atoms with Crippen LogP contribution in [0.5, 0.6) is 0 Å². The fourth-order valence-electron chi connectivity index (χ4n) is 4.06. The van der Waals surface area contributed by atoms with Gasteiger partial charge in [0.25, 0.3) is 15.9 Å². The van der Waals surface area contributed by atoms with Gasteiger partial charge in [-0.15, -0.1) is 0 Å². The molecule has 1 aromatic carbocycles. The summed E-state index contributed by atoms with van der Waals surface area (Å²) >= 11 is 0. The Hall–Kier alpha value is -3.24. The van der Waals surface area contributed by atoms with Gasteiger partial charge in [0.1, 0.15) is 0 Å². The lowest BCUT2D eigenvalue weighted by Crippen LogP contribution is -2.49. The van der Waals surface area contributed by atoms with E-state index in [1.807, 2.05) is 13.0 Å². The number of hydrogen-bond donors (Lipinski definition) is 1. The predicted molar refractivity (Wildman–Crippen MR) is 130 cm³/mol. The first-order valence-corrected chi connectivity index (χ1v) is 12.8. The zero-order chi connectivity index (χ0) is 24.3. The van der Waals surface area contributed by atoms with E-state index >= 15 is 0 Å². The standard InChI is InChI=1S/C24H30N6O3S/c1-4-29-17-21(23(31)26-16-20-8-10-25-11-9-20)24(27-29)34(32,33)30-14-12-28(13-15-30)22-7-5-6-18(2)19(22)3/h5-11,17H,4,12-16H2,1-3H3,(H,26,31). The maximum atomic E-state index is 13.5. The molecule has 3 heterocycles. The minimum absolute atomic E-state index is 0.0628. The number of carbonyl (C=O) groups excluding carboxylic acids is 1. The van der Waals surface area contributed by atoms with Gasteiger partial charge < -0.3 is 10.2 Å². The number of anilines is 1. The van der Waals surface area contributed by atoms with Gasteiger partial charge >= 0.3 is 0 Å². The largest absolute Gasteiger partial charge is 0.369 e. The van der Waals surface area contributed by atoms with Crippen LogP contribution in [0.4, 0.5) is 5.69 Å². The average molecular weight is 483 g/mol. The van der Waals surface area contributed by atoms with Gasteiger partial charge in [-0.05, 0) is 55.7 Å². The first kappa shape index (κ1) is 23.9. The van der Waals surface area contributed by atoms with Crippen molar-refractivity contribution in [1.82, 2.24) is 24.4 Å². The molecule has 4 rings (SSSR count). The summed E-state index contributed by atoms with van der Waals surface area (Å²) in [5.74, 6) is -0.468. The molecule has 0 radical (unpaired) electrons. The minimum Gasteiger partial charge on any atom is -0.369 e. The molecule has 0 unspecified atom stereocenters. The summed E-state index contributed by atoms with van der Waals surface area (Å²) in [4.78, 5) is 19.1. The third-order valence-corrected chi connectivity index (χ3v) is 8.07. The summed E-state index contributed by atoms with van der Waals surface area (Å²) in [6.45, 7) is 8.54. The number of amides is 1. The number of piperazine rings is 1. The summed E-state index contributed by atoms with van der Waals surface area (Å²) < 4.78 is 30.0. The lowest BCUT2D eigenvalue weighted by Gasteiger charge is -2.36. The highest BCUT2D eigenvalue weighted by molar-refractivity contribution is 7.89. The van der Waals surface area contributed by atoms with Crippen molar-refractivity contribution in [2.45, 2.75) is 38.9 Å². The van der Waals surface area contributed by atoms with Crippen molar-refractivity contribution >= 4 is 21.6 Å². The zero-order valence-electron chi connectivity index (χ0n) is 19.7. The molecule has 1 aliphatic heterocycles. The number of hydrogen-bond acceptors (Lipinski definition) is 6. The SMILES string of the molecule is CCn1cc(C(=O)NCc2ccncc2)c(S(=O)(=O)N2CCN(c3cccc(C)c3C)CC2)n1. The molecule has 9 nitrogen and oxygen atoms in total. The molecule has 1 fully saturated rings. The molecule has 3 aromatic rings. The third kappa shape index (κ3) is 4.83. The van der Waals surface area contributed by atoms with Gasteiger partial charge in [0.15, 0.2) is 0 Å². The Balaban J connectivity index is 1.51. The highest BCUT2D eigenvalue weighted by Gasteiger charge is 2.35. The van der Waals surface area contributed by atoms with Gasteiger partial charge in [-0.25, -0.2) is 8.42 Å². The predicted octanol–water partition coefficient (Wildman–Crippen LogP) is 2.36. The highest BCUT2D eigenvalue weighted by Crippen LogP contribution is 2.26. The summed E-state index contributed by atoms with van der Waals surface area (Å²) in [6, 6.07) is 9.76. The first-order chi connectivity index (χ1) is 16.3. The van der Waals surface area contributed by atoms with E-state index in [1.165, 1.54) is 26.3 Å². The van der Waals surface area contributed by atoms with Crippen LogP contribution in [0.15, 0.2) is 53.9 Å². The van der Waals surface area contributed by atoms with Crippen LogP contribution in [0.2, 0.25) is 0 Å². The van der Waals surface area contributed by atoms with Crippen LogP contribution in [0, 0.1) is 13.8 Å². The van der Waals surface area contributed by atoms with Crippen molar-refractivity contribution in [1.29, 1.82) is 0 Å². The van der Waals surface area contributed by atoms with Crippen LogP contribution < -0.4 is 10.2 Å². The number of sulfonamides is 1. The van der Waals surface area contributed by atoms with Crippen molar-refractivity contribution in [2.75, 3.05) is 31.1 Å². The molecule has 0 atom stereocenters. The second-order valence-electron chi connectivity index (χ2n) is 8.35. The maximum absolute atomic E-state index is 13.5. The third-order valence-electron chi connectivity index (χ3n) is 6.24. The van der Waals surface area contributed by atoms with Gasteiger partial charge in [-0.2, -0.15) is 9.40 Å². The average Bonchev–Trinajstić information content (AvgIpc) is 3.31. The Morgan fingerprint density at radius 1 is 1.06 bits per heavy atom. The van der Waals surface area contributed by atoms with Crippen LogP contribution in [-0.2, 0) is 23.1 Å². The molecule has 0 spiro atoms.